The van der Waals surface area contributed by atoms with Gasteiger partial charge in [-0.3, -0.25) is 0 Å². The lowest BCUT2D eigenvalue weighted by atomic mass is 10.0. The molecule has 15 heavy (non-hydrogen) atoms. The largest absolute Gasteiger partial charge is 0.313 e. The molecule has 1 fully saturated rings. The Labute approximate surface area is 88.9 Å². The number of hydrogen-bond acceptors (Lipinski definition) is 3. The second-order valence-electron chi connectivity index (χ2n) is 4.15. The van der Waals surface area contributed by atoms with Gasteiger partial charge in [0.05, 0.1) is 0 Å². The summed E-state index contributed by atoms with van der Waals surface area (Å²) in [5.74, 6) is 0.767. The van der Waals surface area contributed by atoms with E-state index in [2.05, 4.69) is 22.3 Å². The molecule has 1 aliphatic heterocycles. The van der Waals surface area contributed by atoms with E-state index in [0.717, 1.165) is 25.3 Å². The summed E-state index contributed by atoms with van der Waals surface area (Å²) in [6, 6.07) is 0. The Bertz CT molecular complexity index is 317. The van der Waals surface area contributed by atoms with Gasteiger partial charge in [-0.1, -0.05) is 6.92 Å². The lowest BCUT2D eigenvalue weighted by Gasteiger charge is -2.17. The molecule has 1 atom stereocenters. The van der Waals surface area contributed by atoms with E-state index in [0.29, 0.717) is 19.4 Å². The number of halogens is 1. The summed E-state index contributed by atoms with van der Waals surface area (Å²) in [6.07, 6.45) is 3.45. The lowest BCUT2D eigenvalue weighted by Crippen LogP contribution is -2.30. The van der Waals surface area contributed by atoms with Gasteiger partial charge in [-0.05, 0) is 19.4 Å². The molecule has 5 heteroatoms. The second kappa shape index (κ2) is 4.26. The molecule has 0 saturated carbocycles. The van der Waals surface area contributed by atoms with Gasteiger partial charge in [-0.2, -0.15) is 5.10 Å². The fourth-order valence-electron chi connectivity index (χ4n) is 1.97. The predicted molar refractivity (Wildman–Crippen MR) is 55.3 cm³/mol. The zero-order valence-corrected chi connectivity index (χ0v) is 9.04. The van der Waals surface area contributed by atoms with Crippen LogP contribution in [-0.2, 0) is 13.0 Å². The first-order valence-electron chi connectivity index (χ1n) is 5.50. The molecule has 2 rings (SSSR count). The van der Waals surface area contributed by atoms with Crippen LogP contribution in [0.5, 0.6) is 0 Å². The fourth-order valence-corrected chi connectivity index (χ4v) is 1.97. The highest BCUT2D eigenvalue weighted by molar-refractivity contribution is 4.99. The van der Waals surface area contributed by atoms with Crippen LogP contribution in [0.3, 0.4) is 0 Å². The standard InChI is InChI=1S/C10H17FN4/c1-2-5-15-9(13-8-14-15)6-10(11)3-4-12-7-10/h8,12H,2-7H2,1H3. The predicted octanol–water partition coefficient (Wildman–Crippen LogP) is 0.932. The molecule has 0 radical (unpaired) electrons. The molecular formula is C10H17FN4. The van der Waals surface area contributed by atoms with Gasteiger partial charge in [-0.15, -0.1) is 0 Å². The Morgan fingerprint density at radius 1 is 1.67 bits per heavy atom. The maximum Gasteiger partial charge on any atom is 0.138 e. The van der Waals surface area contributed by atoms with Crippen molar-refractivity contribution in [1.29, 1.82) is 0 Å². The number of nitrogens with zero attached hydrogens (tertiary/aromatic N) is 3. The van der Waals surface area contributed by atoms with Crippen LogP contribution in [0.1, 0.15) is 25.6 Å². The summed E-state index contributed by atoms with van der Waals surface area (Å²) in [6.45, 7) is 4.09. The molecule has 1 N–H and O–H groups in total. The maximum atomic E-state index is 14.2. The third kappa shape index (κ3) is 2.34. The second-order valence-corrected chi connectivity index (χ2v) is 4.15. The van der Waals surface area contributed by atoms with Crippen molar-refractivity contribution >= 4 is 0 Å². The quantitative estimate of drug-likeness (QED) is 0.807. The van der Waals surface area contributed by atoms with E-state index in [-0.39, 0.29) is 0 Å². The Morgan fingerprint density at radius 3 is 3.20 bits per heavy atom. The first-order chi connectivity index (χ1) is 7.23. The van der Waals surface area contributed by atoms with E-state index < -0.39 is 5.67 Å². The molecule has 2 heterocycles. The zero-order chi connectivity index (χ0) is 10.7. The van der Waals surface area contributed by atoms with Gasteiger partial charge in [-0.25, -0.2) is 14.1 Å². The zero-order valence-electron chi connectivity index (χ0n) is 9.04. The van der Waals surface area contributed by atoms with Crippen LogP contribution in [0.2, 0.25) is 0 Å². The maximum absolute atomic E-state index is 14.2. The molecule has 0 aliphatic carbocycles. The van der Waals surface area contributed by atoms with Crippen molar-refractivity contribution < 1.29 is 4.39 Å². The molecule has 0 amide bonds. The topological polar surface area (TPSA) is 42.7 Å². The molecule has 1 saturated heterocycles. The van der Waals surface area contributed by atoms with Gasteiger partial charge in [0.15, 0.2) is 0 Å². The minimum Gasteiger partial charge on any atom is -0.313 e. The fraction of sp³-hybridized carbons (Fsp3) is 0.800. The van der Waals surface area contributed by atoms with E-state index in [1.54, 1.807) is 4.68 Å². The monoisotopic (exact) mass is 212 g/mol. The summed E-state index contributed by atoms with van der Waals surface area (Å²) in [5.41, 5.74) is -1.13. The summed E-state index contributed by atoms with van der Waals surface area (Å²) in [5, 5.41) is 7.14. The van der Waals surface area contributed by atoms with Crippen molar-refractivity contribution in [1.82, 2.24) is 20.1 Å². The molecule has 0 bridgehead atoms. The van der Waals surface area contributed by atoms with Crippen LogP contribution in [-0.4, -0.2) is 33.5 Å². The van der Waals surface area contributed by atoms with Crippen molar-refractivity contribution in [3.63, 3.8) is 0 Å². The minimum atomic E-state index is -1.13. The Hall–Kier alpha value is -0.970. The van der Waals surface area contributed by atoms with Crippen molar-refractivity contribution in [2.45, 2.75) is 38.4 Å². The van der Waals surface area contributed by atoms with Crippen LogP contribution < -0.4 is 5.32 Å². The minimum absolute atomic E-state index is 0.375. The lowest BCUT2D eigenvalue weighted by molar-refractivity contribution is 0.184. The third-order valence-corrected chi connectivity index (χ3v) is 2.80. The summed E-state index contributed by atoms with van der Waals surface area (Å²) in [7, 11) is 0. The van der Waals surface area contributed by atoms with Crippen LogP contribution in [0.15, 0.2) is 6.33 Å². The Kier molecular flexibility index (Phi) is 3.00. The van der Waals surface area contributed by atoms with Crippen molar-refractivity contribution in [2.24, 2.45) is 0 Å². The van der Waals surface area contributed by atoms with E-state index >= 15 is 0 Å². The van der Waals surface area contributed by atoms with Crippen LogP contribution in [0, 0.1) is 0 Å². The van der Waals surface area contributed by atoms with Gasteiger partial charge >= 0.3 is 0 Å². The normalized spacial score (nSPS) is 26.0. The molecule has 84 valence electrons. The highest BCUT2D eigenvalue weighted by atomic mass is 19.1. The summed E-state index contributed by atoms with van der Waals surface area (Å²) >= 11 is 0. The Balaban J connectivity index is 2.06. The van der Waals surface area contributed by atoms with E-state index in [9.17, 15) is 4.39 Å². The first-order valence-corrected chi connectivity index (χ1v) is 5.50. The smallest absolute Gasteiger partial charge is 0.138 e. The van der Waals surface area contributed by atoms with E-state index in [1.165, 1.54) is 6.33 Å². The van der Waals surface area contributed by atoms with Crippen LogP contribution in [0.4, 0.5) is 4.39 Å². The SMILES string of the molecule is CCCn1ncnc1CC1(F)CCNC1. The molecule has 1 aromatic rings. The van der Waals surface area contributed by atoms with Gasteiger partial charge < -0.3 is 5.32 Å². The van der Waals surface area contributed by atoms with E-state index in [4.69, 9.17) is 0 Å². The molecule has 1 aromatic heterocycles. The molecule has 4 nitrogen and oxygen atoms in total. The number of nitrogens with one attached hydrogen (secondary N) is 1. The Morgan fingerprint density at radius 2 is 2.53 bits per heavy atom. The number of hydrogen-bond donors (Lipinski definition) is 1. The van der Waals surface area contributed by atoms with E-state index in [1.807, 2.05) is 0 Å². The van der Waals surface area contributed by atoms with Crippen molar-refractivity contribution in [3.8, 4) is 0 Å². The molecule has 0 aromatic carbocycles. The average molecular weight is 212 g/mol. The van der Waals surface area contributed by atoms with Gasteiger partial charge in [0.1, 0.15) is 17.8 Å². The number of rotatable bonds is 4. The molecular weight excluding hydrogens is 195 g/mol. The van der Waals surface area contributed by atoms with Gasteiger partial charge in [0.2, 0.25) is 0 Å². The molecule has 1 aliphatic rings. The van der Waals surface area contributed by atoms with Crippen molar-refractivity contribution in [3.05, 3.63) is 12.2 Å². The number of alkyl halides is 1. The highest BCUT2D eigenvalue weighted by Crippen LogP contribution is 2.23. The van der Waals surface area contributed by atoms with Crippen molar-refractivity contribution in [2.75, 3.05) is 13.1 Å². The summed E-state index contributed by atoms with van der Waals surface area (Å²) < 4.78 is 16.0. The third-order valence-electron chi connectivity index (χ3n) is 2.80. The highest BCUT2D eigenvalue weighted by Gasteiger charge is 2.35. The van der Waals surface area contributed by atoms with Gasteiger partial charge in [0, 0.05) is 19.5 Å². The summed E-state index contributed by atoms with van der Waals surface area (Å²) in [4.78, 5) is 4.13. The van der Waals surface area contributed by atoms with Crippen LogP contribution in [0.25, 0.3) is 0 Å². The number of aryl methyl sites for hydroxylation is 1. The number of aromatic nitrogens is 3. The molecule has 0 spiro atoms. The first kappa shape index (κ1) is 10.5. The van der Waals surface area contributed by atoms with Crippen LogP contribution >= 0.6 is 0 Å². The molecule has 1 unspecified atom stereocenters. The average Bonchev–Trinajstić information content (AvgIpc) is 2.78. The van der Waals surface area contributed by atoms with Gasteiger partial charge in [0.25, 0.3) is 0 Å².